The summed E-state index contributed by atoms with van der Waals surface area (Å²) in [5.41, 5.74) is 6.61. The highest BCUT2D eigenvalue weighted by Crippen LogP contribution is 2.27. The van der Waals surface area contributed by atoms with Gasteiger partial charge in [-0.3, -0.25) is 0 Å². The molecule has 84 valence electrons. The Hall–Kier alpha value is -0.770. The summed E-state index contributed by atoms with van der Waals surface area (Å²) in [6.45, 7) is -0.0250. The van der Waals surface area contributed by atoms with Crippen LogP contribution in [0, 0.1) is 0 Å². The van der Waals surface area contributed by atoms with E-state index in [1.807, 2.05) is 24.3 Å². The van der Waals surface area contributed by atoms with E-state index in [0.29, 0.717) is 6.10 Å². The lowest BCUT2D eigenvalue weighted by atomic mass is 10.1. The van der Waals surface area contributed by atoms with E-state index in [0.717, 1.165) is 24.2 Å². The van der Waals surface area contributed by atoms with Gasteiger partial charge in [0, 0.05) is 0 Å². The van der Waals surface area contributed by atoms with E-state index in [1.54, 1.807) is 0 Å². The fraction of sp³-hybridized carbons (Fsp3) is 0.455. The van der Waals surface area contributed by atoms with Gasteiger partial charge in [-0.1, -0.05) is 12.1 Å². The molecule has 1 aromatic carbocycles. The number of aliphatic hydroxyl groups excluding tert-OH is 1. The van der Waals surface area contributed by atoms with Crippen molar-refractivity contribution in [3.05, 3.63) is 29.8 Å². The van der Waals surface area contributed by atoms with Crippen LogP contribution in [0.4, 0.5) is 0 Å². The average molecular weight is 230 g/mol. The third kappa shape index (κ3) is 3.38. The number of nitrogens with two attached hydrogens (primary N) is 1. The van der Waals surface area contributed by atoms with Crippen LogP contribution in [-0.4, -0.2) is 17.8 Å². The lowest BCUT2D eigenvalue weighted by molar-refractivity contribution is 0.267. The molecule has 1 aromatic rings. The topological polar surface area (TPSA) is 55.5 Å². The van der Waals surface area contributed by atoms with Crippen molar-refractivity contribution >= 4 is 12.4 Å². The molecule has 3 N–H and O–H groups in total. The molecule has 0 radical (unpaired) electrons. The first-order chi connectivity index (χ1) is 6.79. The standard InChI is InChI=1S/C11H15NO2.ClH/c12-11(7-13)8-1-3-9(4-2-8)14-10-5-6-10;/h1-4,10-11,13H,5-7,12H2;1H/t11-;/m1./s1. The van der Waals surface area contributed by atoms with Crippen LogP contribution in [0.1, 0.15) is 24.4 Å². The first kappa shape index (κ1) is 12.3. The molecular weight excluding hydrogens is 214 g/mol. The summed E-state index contributed by atoms with van der Waals surface area (Å²) in [7, 11) is 0. The molecule has 0 unspecified atom stereocenters. The third-order valence-corrected chi connectivity index (χ3v) is 2.33. The van der Waals surface area contributed by atoms with Gasteiger partial charge in [0.1, 0.15) is 5.75 Å². The van der Waals surface area contributed by atoms with Crippen molar-refractivity contribution in [1.82, 2.24) is 0 Å². The van der Waals surface area contributed by atoms with E-state index < -0.39 is 0 Å². The normalized spacial score (nSPS) is 16.7. The molecule has 15 heavy (non-hydrogen) atoms. The summed E-state index contributed by atoms with van der Waals surface area (Å²) in [6.07, 6.45) is 2.75. The number of rotatable bonds is 4. The number of hydrogen-bond donors (Lipinski definition) is 2. The smallest absolute Gasteiger partial charge is 0.119 e. The van der Waals surface area contributed by atoms with Crippen molar-refractivity contribution in [2.75, 3.05) is 6.61 Å². The summed E-state index contributed by atoms with van der Waals surface area (Å²) in [6, 6.07) is 7.33. The van der Waals surface area contributed by atoms with Gasteiger partial charge in [-0.2, -0.15) is 0 Å². The second-order valence-electron chi connectivity index (χ2n) is 3.68. The molecule has 0 aromatic heterocycles. The van der Waals surface area contributed by atoms with Crippen molar-refractivity contribution in [3.63, 3.8) is 0 Å². The Morgan fingerprint density at radius 2 is 1.93 bits per heavy atom. The predicted octanol–water partition coefficient (Wildman–Crippen LogP) is 1.64. The minimum absolute atomic E-state index is 0. The zero-order chi connectivity index (χ0) is 9.97. The first-order valence-corrected chi connectivity index (χ1v) is 4.92. The van der Waals surface area contributed by atoms with Crippen molar-refractivity contribution < 1.29 is 9.84 Å². The van der Waals surface area contributed by atoms with Crippen LogP contribution in [-0.2, 0) is 0 Å². The van der Waals surface area contributed by atoms with E-state index in [9.17, 15) is 0 Å². The molecule has 0 spiro atoms. The summed E-state index contributed by atoms with van der Waals surface area (Å²) in [5.74, 6) is 0.890. The molecule has 1 fully saturated rings. The number of halogens is 1. The predicted molar refractivity (Wildman–Crippen MR) is 61.4 cm³/mol. The highest BCUT2D eigenvalue weighted by atomic mass is 35.5. The number of ether oxygens (including phenoxy) is 1. The minimum Gasteiger partial charge on any atom is -0.490 e. The lowest BCUT2D eigenvalue weighted by Crippen LogP contribution is -2.14. The second-order valence-corrected chi connectivity index (χ2v) is 3.68. The minimum atomic E-state index is -0.287. The molecule has 0 heterocycles. The number of benzene rings is 1. The maximum atomic E-state index is 8.86. The van der Waals surface area contributed by atoms with Crippen LogP contribution in [0.5, 0.6) is 5.75 Å². The van der Waals surface area contributed by atoms with Gasteiger partial charge in [-0.15, -0.1) is 12.4 Å². The quantitative estimate of drug-likeness (QED) is 0.826. The molecule has 2 rings (SSSR count). The van der Waals surface area contributed by atoms with Gasteiger partial charge in [0.25, 0.3) is 0 Å². The Balaban J connectivity index is 0.00000112. The molecule has 0 bridgehead atoms. The van der Waals surface area contributed by atoms with Crippen molar-refractivity contribution in [2.45, 2.75) is 25.0 Å². The summed E-state index contributed by atoms with van der Waals surface area (Å²) in [5, 5.41) is 8.86. The van der Waals surface area contributed by atoms with E-state index >= 15 is 0 Å². The molecule has 0 saturated heterocycles. The van der Waals surface area contributed by atoms with Crippen molar-refractivity contribution in [1.29, 1.82) is 0 Å². The Kier molecular flexibility index (Phi) is 4.39. The van der Waals surface area contributed by atoms with Gasteiger partial charge in [0.2, 0.25) is 0 Å². The van der Waals surface area contributed by atoms with E-state index in [4.69, 9.17) is 15.6 Å². The number of hydrogen-bond acceptors (Lipinski definition) is 3. The molecule has 1 aliphatic carbocycles. The monoisotopic (exact) mass is 229 g/mol. The lowest BCUT2D eigenvalue weighted by Gasteiger charge is -2.09. The second kappa shape index (κ2) is 5.35. The van der Waals surface area contributed by atoms with Crippen LogP contribution >= 0.6 is 12.4 Å². The molecular formula is C11H16ClNO2. The molecule has 3 nitrogen and oxygen atoms in total. The Morgan fingerprint density at radius 1 is 1.33 bits per heavy atom. The largest absolute Gasteiger partial charge is 0.490 e. The summed E-state index contributed by atoms with van der Waals surface area (Å²) in [4.78, 5) is 0. The van der Waals surface area contributed by atoms with Crippen LogP contribution in [0.25, 0.3) is 0 Å². The summed E-state index contributed by atoms with van der Waals surface area (Å²) < 4.78 is 5.59. The number of aliphatic hydroxyl groups is 1. The fourth-order valence-electron chi connectivity index (χ4n) is 1.28. The van der Waals surface area contributed by atoms with E-state index in [1.165, 1.54) is 0 Å². The zero-order valence-corrected chi connectivity index (χ0v) is 9.24. The van der Waals surface area contributed by atoms with E-state index in [-0.39, 0.29) is 25.1 Å². The molecule has 4 heteroatoms. The van der Waals surface area contributed by atoms with Gasteiger partial charge < -0.3 is 15.6 Å². The van der Waals surface area contributed by atoms with Crippen LogP contribution in [0.15, 0.2) is 24.3 Å². The molecule has 1 atom stereocenters. The first-order valence-electron chi connectivity index (χ1n) is 4.92. The molecule has 0 aliphatic heterocycles. The Labute approximate surface area is 95.7 Å². The Bertz CT molecular complexity index is 298. The van der Waals surface area contributed by atoms with Crippen molar-refractivity contribution in [3.8, 4) is 5.75 Å². The maximum absolute atomic E-state index is 8.86. The van der Waals surface area contributed by atoms with Gasteiger partial charge in [0.05, 0.1) is 18.8 Å². The highest BCUT2D eigenvalue weighted by molar-refractivity contribution is 5.85. The highest BCUT2D eigenvalue weighted by Gasteiger charge is 2.23. The SMILES string of the molecule is Cl.N[C@H](CO)c1ccc(OC2CC2)cc1. The van der Waals surface area contributed by atoms with E-state index in [2.05, 4.69) is 0 Å². The fourth-order valence-corrected chi connectivity index (χ4v) is 1.28. The van der Waals surface area contributed by atoms with Gasteiger partial charge in [-0.05, 0) is 30.5 Å². The maximum Gasteiger partial charge on any atom is 0.119 e. The van der Waals surface area contributed by atoms with Crippen LogP contribution in [0.2, 0.25) is 0 Å². The van der Waals surface area contributed by atoms with Crippen LogP contribution < -0.4 is 10.5 Å². The molecule has 0 amide bonds. The van der Waals surface area contributed by atoms with Crippen molar-refractivity contribution in [2.24, 2.45) is 5.73 Å². The Morgan fingerprint density at radius 3 is 2.40 bits per heavy atom. The molecule has 1 saturated carbocycles. The van der Waals surface area contributed by atoms with Crippen LogP contribution in [0.3, 0.4) is 0 Å². The molecule has 1 aliphatic rings. The third-order valence-electron chi connectivity index (χ3n) is 2.33. The average Bonchev–Trinajstić information content (AvgIpc) is 3.02. The van der Waals surface area contributed by atoms with Gasteiger partial charge in [0.15, 0.2) is 0 Å². The zero-order valence-electron chi connectivity index (χ0n) is 8.43. The summed E-state index contributed by atoms with van der Waals surface area (Å²) >= 11 is 0. The van der Waals surface area contributed by atoms with Gasteiger partial charge >= 0.3 is 0 Å². The van der Waals surface area contributed by atoms with Gasteiger partial charge in [-0.25, -0.2) is 0 Å².